The average molecular weight is 360 g/mol. The highest BCUT2D eigenvalue weighted by Crippen LogP contribution is 2.40. The Morgan fingerprint density at radius 1 is 1.35 bits per heavy atom. The lowest BCUT2D eigenvalue weighted by Crippen LogP contribution is -2.65. The van der Waals surface area contributed by atoms with E-state index in [1.165, 1.54) is 0 Å². The van der Waals surface area contributed by atoms with Gasteiger partial charge in [0.05, 0.1) is 6.04 Å². The third kappa shape index (κ3) is 4.52. The van der Waals surface area contributed by atoms with E-state index >= 15 is 0 Å². The van der Waals surface area contributed by atoms with E-state index in [9.17, 15) is 9.59 Å². The molecule has 1 aromatic rings. The fourth-order valence-electron chi connectivity index (χ4n) is 2.22. The molecule has 1 N–H and O–H groups in total. The molecule has 7 heteroatoms. The lowest BCUT2D eigenvalue weighted by molar-refractivity contribution is -0.175. The van der Waals surface area contributed by atoms with Crippen LogP contribution in [-0.2, 0) is 20.7 Å². The number of alkyl carbamates (subject to hydrolysis) is 1. The lowest BCUT2D eigenvalue weighted by atomic mass is 9.95. The summed E-state index contributed by atoms with van der Waals surface area (Å²) >= 11 is 12.0. The van der Waals surface area contributed by atoms with Crippen LogP contribution in [0, 0.1) is 0 Å². The van der Waals surface area contributed by atoms with Crippen molar-refractivity contribution in [2.24, 2.45) is 0 Å². The fourth-order valence-corrected chi connectivity index (χ4v) is 2.70. The van der Waals surface area contributed by atoms with Crippen molar-refractivity contribution in [2.45, 2.75) is 49.3 Å². The number of hydrogen-bond acceptors (Lipinski definition) is 4. The number of cyclic esters (lactones) is 1. The number of rotatable bonds is 4. The van der Waals surface area contributed by atoms with Crippen LogP contribution in [-0.4, -0.2) is 34.1 Å². The predicted molar refractivity (Wildman–Crippen MR) is 87.6 cm³/mol. The van der Waals surface area contributed by atoms with Crippen LogP contribution in [0.25, 0.3) is 0 Å². The Balaban J connectivity index is 2.12. The van der Waals surface area contributed by atoms with Gasteiger partial charge in [-0.1, -0.05) is 53.5 Å². The van der Waals surface area contributed by atoms with Crippen LogP contribution in [0.3, 0.4) is 0 Å². The highest BCUT2D eigenvalue weighted by molar-refractivity contribution is 6.59. The van der Waals surface area contributed by atoms with Gasteiger partial charge >= 0.3 is 12.1 Å². The van der Waals surface area contributed by atoms with Crippen molar-refractivity contribution in [3.63, 3.8) is 0 Å². The normalized spacial score (nSPS) is 20.9. The second-order valence-corrected chi connectivity index (χ2v) is 7.78. The zero-order valence-electron chi connectivity index (χ0n) is 13.1. The molecule has 1 saturated heterocycles. The molecule has 1 aliphatic rings. The van der Waals surface area contributed by atoms with Gasteiger partial charge in [0.15, 0.2) is 6.10 Å². The first-order valence-electron chi connectivity index (χ1n) is 7.22. The molecule has 0 radical (unpaired) electrons. The van der Waals surface area contributed by atoms with Crippen LogP contribution in [0.5, 0.6) is 0 Å². The van der Waals surface area contributed by atoms with Gasteiger partial charge in [-0.25, -0.2) is 9.59 Å². The zero-order chi connectivity index (χ0) is 17.3. The van der Waals surface area contributed by atoms with Crippen molar-refractivity contribution in [2.75, 3.05) is 0 Å². The molecule has 0 bridgehead atoms. The lowest BCUT2D eigenvalue weighted by Gasteiger charge is -2.42. The first-order valence-corrected chi connectivity index (χ1v) is 7.97. The van der Waals surface area contributed by atoms with Crippen LogP contribution in [0.15, 0.2) is 30.3 Å². The third-order valence-corrected chi connectivity index (χ3v) is 3.97. The minimum Gasteiger partial charge on any atom is -0.454 e. The van der Waals surface area contributed by atoms with Gasteiger partial charge in [0.1, 0.15) is 5.60 Å². The Hall–Kier alpha value is -1.46. The standard InChI is InChI=1S/C16H19Cl2NO4/c1-15(2,3)23-14(21)19-11(9-10-7-5-4-6-8-10)12-16(17,18)13(20)22-12/h4-8,11-12H,9H2,1-3H3,(H,19,21)/t11-,12+/m0/s1. The number of carbonyl (C=O) groups is 2. The van der Waals surface area contributed by atoms with Crippen molar-refractivity contribution >= 4 is 35.3 Å². The molecule has 0 unspecified atom stereocenters. The molecule has 0 aromatic heterocycles. The number of halogens is 2. The number of alkyl halides is 2. The SMILES string of the molecule is CC(C)(C)OC(=O)N[C@@H](Cc1ccccc1)[C@H]1OC(=O)C1(Cl)Cl. The quantitative estimate of drug-likeness (QED) is 0.662. The van der Waals surface area contributed by atoms with Crippen LogP contribution in [0.4, 0.5) is 4.79 Å². The smallest absolute Gasteiger partial charge is 0.408 e. The fraction of sp³-hybridized carbons (Fsp3) is 0.500. The summed E-state index contributed by atoms with van der Waals surface area (Å²) in [6.45, 7) is 5.28. The maximum absolute atomic E-state index is 12.0. The molecule has 0 spiro atoms. The Morgan fingerprint density at radius 3 is 2.43 bits per heavy atom. The van der Waals surface area contributed by atoms with Gasteiger partial charge in [-0.3, -0.25) is 0 Å². The second kappa shape index (κ2) is 6.57. The molecule has 1 aromatic carbocycles. The zero-order valence-corrected chi connectivity index (χ0v) is 14.6. The van der Waals surface area contributed by atoms with Gasteiger partial charge in [0.2, 0.25) is 0 Å². The van der Waals surface area contributed by atoms with Crippen molar-refractivity contribution in [3.05, 3.63) is 35.9 Å². The summed E-state index contributed by atoms with van der Waals surface area (Å²) in [6.07, 6.45) is -1.06. The average Bonchev–Trinajstić information content (AvgIpc) is 2.43. The number of carbonyl (C=O) groups excluding carboxylic acids is 2. The summed E-state index contributed by atoms with van der Waals surface area (Å²) in [7, 11) is 0. The maximum atomic E-state index is 12.0. The van der Waals surface area contributed by atoms with Crippen LogP contribution in [0.2, 0.25) is 0 Å². The van der Waals surface area contributed by atoms with E-state index in [1.807, 2.05) is 30.3 Å². The summed E-state index contributed by atoms with van der Waals surface area (Å²) in [5, 5.41) is 2.69. The van der Waals surface area contributed by atoms with E-state index in [2.05, 4.69) is 5.32 Å². The van der Waals surface area contributed by atoms with Gasteiger partial charge in [0, 0.05) is 0 Å². The molecule has 0 aliphatic carbocycles. The molecule has 126 valence electrons. The van der Waals surface area contributed by atoms with E-state index in [0.717, 1.165) is 5.56 Å². The summed E-state index contributed by atoms with van der Waals surface area (Å²) in [5.41, 5.74) is 0.303. The van der Waals surface area contributed by atoms with E-state index < -0.39 is 34.1 Å². The van der Waals surface area contributed by atoms with Crippen molar-refractivity contribution < 1.29 is 19.1 Å². The molecule has 2 atom stereocenters. The number of benzene rings is 1. The topological polar surface area (TPSA) is 64.6 Å². The number of ether oxygens (including phenoxy) is 2. The Kier molecular flexibility index (Phi) is 5.11. The molecule has 1 aliphatic heterocycles. The molecule has 23 heavy (non-hydrogen) atoms. The molecule has 5 nitrogen and oxygen atoms in total. The molecule has 2 rings (SSSR count). The van der Waals surface area contributed by atoms with Crippen LogP contribution >= 0.6 is 23.2 Å². The monoisotopic (exact) mass is 359 g/mol. The third-order valence-electron chi connectivity index (χ3n) is 3.23. The Bertz CT molecular complexity index is 583. The molecule has 1 fully saturated rings. The second-order valence-electron chi connectivity index (χ2n) is 6.39. The van der Waals surface area contributed by atoms with Gasteiger partial charge in [0.25, 0.3) is 4.33 Å². The van der Waals surface area contributed by atoms with Gasteiger partial charge in [-0.15, -0.1) is 0 Å². The Labute approximate surface area is 145 Å². The van der Waals surface area contributed by atoms with Gasteiger partial charge in [-0.05, 0) is 32.8 Å². The maximum Gasteiger partial charge on any atom is 0.408 e. The van der Waals surface area contributed by atoms with E-state index in [1.54, 1.807) is 20.8 Å². The van der Waals surface area contributed by atoms with E-state index in [-0.39, 0.29) is 0 Å². The molecular weight excluding hydrogens is 341 g/mol. The summed E-state index contributed by atoms with van der Waals surface area (Å²) < 4.78 is 8.62. The van der Waals surface area contributed by atoms with Crippen molar-refractivity contribution in [3.8, 4) is 0 Å². The van der Waals surface area contributed by atoms with Gasteiger partial charge in [-0.2, -0.15) is 0 Å². The van der Waals surface area contributed by atoms with Crippen molar-refractivity contribution in [1.82, 2.24) is 5.32 Å². The molecule has 1 heterocycles. The van der Waals surface area contributed by atoms with E-state index in [0.29, 0.717) is 6.42 Å². The minimum absolute atomic E-state index is 0.402. The largest absolute Gasteiger partial charge is 0.454 e. The number of nitrogens with one attached hydrogen (secondary N) is 1. The van der Waals surface area contributed by atoms with Crippen LogP contribution in [0.1, 0.15) is 26.3 Å². The number of esters is 1. The predicted octanol–water partition coefficient (Wildman–Crippen LogP) is 3.22. The Morgan fingerprint density at radius 2 is 1.96 bits per heavy atom. The van der Waals surface area contributed by atoms with Gasteiger partial charge < -0.3 is 14.8 Å². The number of hydrogen-bond donors (Lipinski definition) is 1. The first kappa shape index (κ1) is 17.9. The van der Waals surface area contributed by atoms with Crippen LogP contribution < -0.4 is 5.32 Å². The molecule has 1 amide bonds. The highest BCUT2D eigenvalue weighted by Gasteiger charge is 2.59. The molecular formula is C16H19Cl2NO4. The molecule has 0 saturated carbocycles. The number of amides is 1. The minimum atomic E-state index is -1.67. The summed E-state index contributed by atoms with van der Waals surface area (Å²) in [5.74, 6) is -0.713. The highest BCUT2D eigenvalue weighted by atomic mass is 35.5. The first-order chi connectivity index (χ1) is 10.6. The van der Waals surface area contributed by atoms with Crippen molar-refractivity contribution in [1.29, 1.82) is 0 Å². The van der Waals surface area contributed by atoms with E-state index in [4.69, 9.17) is 32.7 Å². The summed E-state index contributed by atoms with van der Waals surface area (Å²) in [6, 6.07) is 8.84. The summed E-state index contributed by atoms with van der Waals surface area (Å²) in [4.78, 5) is 23.4.